The molecule has 2 unspecified atom stereocenters. The van der Waals surface area contributed by atoms with E-state index in [1.54, 1.807) is 6.07 Å². The minimum absolute atomic E-state index is 0.0453. The first kappa shape index (κ1) is 11.0. The molecule has 0 aliphatic heterocycles. The Bertz CT molecular complexity index is 348. The van der Waals surface area contributed by atoms with Gasteiger partial charge < -0.3 is 14.8 Å². The topological polar surface area (TPSA) is 45.4 Å². The van der Waals surface area contributed by atoms with Crippen LogP contribution >= 0.6 is 11.6 Å². The summed E-state index contributed by atoms with van der Waals surface area (Å²) < 4.78 is 5.24. The molecular formula is C11H16ClNO2. The summed E-state index contributed by atoms with van der Waals surface area (Å²) in [4.78, 5) is 0. The van der Waals surface area contributed by atoms with Crippen LogP contribution < -0.4 is 5.32 Å². The van der Waals surface area contributed by atoms with Gasteiger partial charge >= 0.3 is 0 Å². The SMILES string of the molecule is CC1(C)C(O)CC1NCc1ccc(Cl)o1. The van der Waals surface area contributed by atoms with Gasteiger partial charge in [-0.05, 0) is 30.2 Å². The van der Waals surface area contributed by atoms with Crippen LogP contribution in [0.4, 0.5) is 0 Å². The van der Waals surface area contributed by atoms with Crippen LogP contribution in [0.2, 0.25) is 5.22 Å². The van der Waals surface area contributed by atoms with Crippen molar-refractivity contribution < 1.29 is 9.52 Å². The van der Waals surface area contributed by atoms with E-state index >= 15 is 0 Å². The second-order valence-corrected chi connectivity index (χ2v) is 5.08. The molecule has 0 saturated heterocycles. The largest absolute Gasteiger partial charge is 0.448 e. The van der Waals surface area contributed by atoms with E-state index in [0.717, 1.165) is 12.2 Å². The van der Waals surface area contributed by atoms with Crippen LogP contribution in [-0.2, 0) is 6.54 Å². The molecule has 1 heterocycles. The number of nitrogens with one attached hydrogen (secondary N) is 1. The van der Waals surface area contributed by atoms with E-state index in [1.807, 2.05) is 6.07 Å². The third-order valence-electron chi connectivity index (χ3n) is 3.37. The van der Waals surface area contributed by atoms with Crippen molar-refractivity contribution in [2.45, 2.75) is 39.0 Å². The number of halogens is 1. The summed E-state index contributed by atoms with van der Waals surface area (Å²) in [6.07, 6.45) is 0.608. The highest BCUT2D eigenvalue weighted by Crippen LogP contribution is 2.40. The Kier molecular flexibility index (Phi) is 2.79. The lowest BCUT2D eigenvalue weighted by Crippen LogP contribution is -2.59. The second-order valence-electron chi connectivity index (χ2n) is 4.71. The number of aliphatic hydroxyl groups is 1. The van der Waals surface area contributed by atoms with Crippen molar-refractivity contribution in [3.8, 4) is 0 Å². The Morgan fingerprint density at radius 1 is 1.60 bits per heavy atom. The average Bonchev–Trinajstić information content (AvgIpc) is 2.58. The molecule has 0 amide bonds. The molecule has 0 aromatic carbocycles. The molecule has 2 N–H and O–H groups in total. The first-order valence-corrected chi connectivity index (χ1v) is 5.53. The maximum atomic E-state index is 9.56. The highest BCUT2D eigenvalue weighted by molar-refractivity contribution is 6.28. The predicted octanol–water partition coefficient (Wildman–Crippen LogP) is 2.18. The summed E-state index contributed by atoms with van der Waals surface area (Å²) >= 11 is 5.67. The van der Waals surface area contributed by atoms with Crippen molar-refractivity contribution >= 4 is 11.6 Å². The van der Waals surface area contributed by atoms with Gasteiger partial charge in [0.1, 0.15) is 5.76 Å². The van der Waals surface area contributed by atoms with Crippen LogP contribution in [0.15, 0.2) is 16.5 Å². The van der Waals surface area contributed by atoms with Crippen molar-refractivity contribution in [2.75, 3.05) is 0 Å². The fraction of sp³-hybridized carbons (Fsp3) is 0.636. The normalized spacial score (nSPS) is 28.8. The van der Waals surface area contributed by atoms with Gasteiger partial charge in [0, 0.05) is 11.5 Å². The second kappa shape index (κ2) is 3.81. The number of hydrogen-bond acceptors (Lipinski definition) is 3. The van der Waals surface area contributed by atoms with Gasteiger partial charge in [-0.1, -0.05) is 13.8 Å². The highest BCUT2D eigenvalue weighted by Gasteiger charge is 2.46. The van der Waals surface area contributed by atoms with Crippen LogP contribution in [0.3, 0.4) is 0 Å². The van der Waals surface area contributed by atoms with Crippen molar-refractivity contribution in [3.05, 3.63) is 23.1 Å². The molecule has 1 aromatic rings. The van der Waals surface area contributed by atoms with Crippen molar-refractivity contribution in [2.24, 2.45) is 5.41 Å². The third kappa shape index (κ3) is 2.05. The molecule has 2 atom stereocenters. The lowest BCUT2D eigenvalue weighted by molar-refractivity contribution is -0.0734. The molecule has 0 radical (unpaired) electrons. The Labute approximate surface area is 94.4 Å². The number of furan rings is 1. The van der Waals surface area contributed by atoms with Crippen molar-refractivity contribution in [3.63, 3.8) is 0 Å². The molecule has 3 nitrogen and oxygen atoms in total. The van der Waals surface area contributed by atoms with E-state index in [2.05, 4.69) is 19.2 Å². The number of hydrogen-bond donors (Lipinski definition) is 2. The minimum atomic E-state index is -0.199. The Morgan fingerprint density at radius 2 is 2.33 bits per heavy atom. The van der Waals surface area contributed by atoms with E-state index < -0.39 is 0 Å². The summed E-state index contributed by atoms with van der Waals surface area (Å²) in [5, 5.41) is 13.3. The van der Waals surface area contributed by atoms with Crippen LogP contribution in [0.5, 0.6) is 0 Å². The standard InChI is InChI=1S/C11H16ClNO2/c1-11(2)8(5-9(11)14)13-6-7-3-4-10(12)15-7/h3-4,8-9,13-14H,5-6H2,1-2H3. The molecule has 2 rings (SSSR count). The smallest absolute Gasteiger partial charge is 0.193 e. The molecule has 84 valence electrons. The first-order valence-electron chi connectivity index (χ1n) is 5.16. The predicted molar refractivity (Wildman–Crippen MR) is 58.8 cm³/mol. The summed E-state index contributed by atoms with van der Waals surface area (Å²) in [7, 11) is 0. The summed E-state index contributed by atoms with van der Waals surface area (Å²) in [6.45, 7) is 4.79. The van der Waals surface area contributed by atoms with Gasteiger partial charge in [0.2, 0.25) is 0 Å². The Morgan fingerprint density at radius 3 is 2.80 bits per heavy atom. The molecule has 1 fully saturated rings. The van der Waals surface area contributed by atoms with Crippen LogP contribution in [0.25, 0.3) is 0 Å². The molecule has 15 heavy (non-hydrogen) atoms. The van der Waals surface area contributed by atoms with Gasteiger partial charge in [-0.2, -0.15) is 0 Å². The van der Waals surface area contributed by atoms with Gasteiger partial charge in [-0.15, -0.1) is 0 Å². The van der Waals surface area contributed by atoms with E-state index in [9.17, 15) is 5.11 Å². The summed E-state index contributed by atoms with van der Waals surface area (Å²) in [6, 6.07) is 3.94. The monoisotopic (exact) mass is 229 g/mol. The summed E-state index contributed by atoms with van der Waals surface area (Å²) in [5.41, 5.74) is -0.0453. The third-order valence-corrected chi connectivity index (χ3v) is 3.57. The maximum Gasteiger partial charge on any atom is 0.193 e. The Balaban J connectivity index is 1.85. The highest BCUT2D eigenvalue weighted by atomic mass is 35.5. The zero-order chi connectivity index (χ0) is 11.1. The fourth-order valence-electron chi connectivity index (χ4n) is 1.92. The molecule has 0 spiro atoms. The molecule has 1 aromatic heterocycles. The van der Waals surface area contributed by atoms with Gasteiger partial charge in [-0.25, -0.2) is 0 Å². The zero-order valence-corrected chi connectivity index (χ0v) is 9.71. The van der Waals surface area contributed by atoms with E-state index in [0.29, 0.717) is 17.8 Å². The molecule has 1 aliphatic rings. The van der Waals surface area contributed by atoms with Gasteiger partial charge in [0.05, 0.1) is 12.6 Å². The van der Waals surface area contributed by atoms with E-state index in [4.69, 9.17) is 16.0 Å². The molecular weight excluding hydrogens is 214 g/mol. The van der Waals surface area contributed by atoms with Crippen LogP contribution in [0.1, 0.15) is 26.0 Å². The van der Waals surface area contributed by atoms with Crippen molar-refractivity contribution in [1.82, 2.24) is 5.32 Å². The quantitative estimate of drug-likeness (QED) is 0.835. The molecule has 0 bridgehead atoms. The number of rotatable bonds is 3. The van der Waals surface area contributed by atoms with Crippen molar-refractivity contribution in [1.29, 1.82) is 0 Å². The summed E-state index contributed by atoms with van der Waals surface area (Å²) in [5.74, 6) is 0.831. The molecule has 1 aliphatic carbocycles. The average molecular weight is 230 g/mol. The van der Waals surface area contributed by atoms with Gasteiger partial charge in [-0.3, -0.25) is 0 Å². The fourth-order valence-corrected chi connectivity index (χ4v) is 2.08. The minimum Gasteiger partial charge on any atom is -0.448 e. The maximum absolute atomic E-state index is 9.56. The number of aliphatic hydroxyl groups excluding tert-OH is 1. The van der Waals surface area contributed by atoms with Crippen LogP contribution in [0, 0.1) is 5.41 Å². The molecule has 4 heteroatoms. The van der Waals surface area contributed by atoms with E-state index in [1.165, 1.54) is 0 Å². The van der Waals surface area contributed by atoms with Crippen LogP contribution in [-0.4, -0.2) is 17.3 Å². The van der Waals surface area contributed by atoms with E-state index in [-0.39, 0.29) is 11.5 Å². The lowest BCUT2D eigenvalue weighted by atomic mass is 9.64. The Hall–Kier alpha value is -0.510. The lowest BCUT2D eigenvalue weighted by Gasteiger charge is -2.49. The van der Waals surface area contributed by atoms with Gasteiger partial charge in [0.25, 0.3) is 0 Å². The first-order chi connectivity index (χ1) is 7.00. The zero-order valence-electron chi connectivity index (χ0n) is 8.96. The van der Waals surface area contributed by atoms with Gasteiger partial charge in [0.15, 0.2) is 5.22 Å². The molecule has 1 saturated carbocycles.